The van der Waals surface area contributed by atoms with Gasteiger partial charge in [-0.1, -0.05) is 6.07 Å². The molecule has 0 unspecified atom stereocenters. The molecule has 0 bridgehead atoms. The third kappa shape index (κ3) is 4.64. The lowest BCUT2D eigenvalue weighted by Crippen LogP contribution is -2.42. The van der Waals surface area contributed by atoms with Crippen molar-refractivity contribution < 1.29 is 4.74 Å². The summed E-state index contributed by atoms with van der Waals surface area (Å²) in [5.41, 5.74) is 3.84. The zero-order chi connectivity index (χ0) is 16.9. The van der Waals surface area contributed by atoms with Gasteiger partial charge in [0.15, 0.2) is 0 Å². The van der Waals surface area contributed by atoms with E-state index in [9.17, 15) is 0 Å². The molecule has 2 heterocycles. The van der Waals surface area contributed by atoms with Gasteiger partial charge in [0, 0.05) is 55.8 Å². The minimum atomic E-state index is 0.544. The Morgan fingerprint density at radius 2 is 1.67 bits per heavy atom. The van der Waals surface area contributed by atoms with Crippen LogP contribution in [0.5, 0.6) is 0 Å². The monoisotopic (exact) mass is 331 g/mol. The summed E-state index contributed by atoms with van der Waals surface area (Å²) in [5, 5.41) is 7.47. The summed E-state index contributed by atoms with van der Waals surface area (Å²) in [4.78, 5) is 2.57. The highest BCUT2D eigenvalue weighted by Crippen LogP contribution is 2.25. The predicted molar refractivity (Wildman–Crippen MR) is 102 cm³/mol. The van der Waals surface area contributed by atoms with E-state index in [-0.39, 0.29) is 0 Å². The van der Waals surface area contributed by atoms with Crippen LogP contribution in [0.2, 0.25) is 0 Å². The molecule has 0 radical (unpaired) electrons. The number of rotatable bonds is 5. The van der Waals surface area contributed by atoms with Crippen LogP contribution in [-0.2, 0) is 4.74 Å². The Labute approximate surface area is 147 Å². The number of likely N-dealkylation sites (tertiary alicyclic amines) is 1. The van der Waals surface area contributed by atoms with Crippen molar-refractivity contribution in [3.63, 3.8) is 0 Å². The number of aryl methyl sites for hydroxylation is 1. The lowest BCUT2D eigenvalue weighted by atomic mass is 10.0. The molecule has 0 amide bonds. The maximum absolute atomic E-state index is 5.46. The van der Waals surface area contributed by atoms with E-state index in [1.807, 2.05) is 0 Å². The van der Waals surface area contributed by atoms with Crippen LogP contribution in [0, 0.1) is 6.92 Å². The highest BCUT2D eigenvalue weighted by atomic mass is 16.5. The molecule has 3 rings (SSSR count). The van der Waals surface area contributed by atoms with Crippen molar-refractivity contribution in [2.24, 2.45) is 0 Å². The van der Waals surface area contributed by atoms with Crippen LogP contribution in [0.25, 0.3) is 0 Å². The minimum Gasteiger partial charge on any atom is -0.382 e. The summed E-state index contributed by atoms with van der Waals surface area (Å²) in [6.45, 7) is 10.9. The second-order valence-electron chi connectivity index (χ2n) is 7.61. The molecule has 2 aliphatic heterocycles. The summed E-state index contributed by atoms with van der Waals surface area (Å²) in [5.74, 6) is 0. The molecule has 1 aromatic rings. The van der Waals surface area contributed by atoms with Crippen LogP contribution in [0.15, 0.2) is 18.2 Å². The lowest BCUT2D eigenvalue weighted by Gasteiger charge is -2.35. The molecule has 0 saturated carbocycles. The molecule has 0 aliphatic carbocycles. The van der Waals surface area contributed by atoms with E-state index < -0.39 is 0 Å². The fraction of sp³-hybridized carbons (Fsp3) is 0.700. The van der Waals surface area contributed by atoms with E-state index in [4.69, 9.17) is 4.74 Å². The summed E-state index contributed by atoms with van der Waals surface area (Å²) in [6, 6.07) is 8.55. The van der Waals surface area contributed by atoms with Gasteiger partial charge in [-0.2, -0.15) is 0 Å². The van der Waals surface area contributed by atoms with E-state index in [2.05, 4.69) is 54.5 Å². The number of hydrogen-bond acceptors (Lipinski definition) is 4. The Bertz CT molecular complexity index is 518. The Kier molecular flexibility index (Phi) is 6.01. The van der Waals surface area contributed by atoms with Crippen LogP contribution in [0.4, 0.5) is 11.4 Å². The zero-order valence-electron chi connectivity index (χ0n) is 15.5. The quantitative estimate of drug-likeness (QED) is 0.859. The smallest absolute Gasteiger partial charge is 0.0485 e. The average Bonchev–Trinajstić information content (AvgIpc) is 2.59. The van der Waals surface area contributed by atoms with Crippen LogP contribution in [0.3, 0.4) is 0 Å². The molecule has 0 atom stereocenters. The van der Waals surface area contributed by atoms with Crippen LogP contribution >= 0.6 is 0 Å². The second-order valence-corrected chi connectivity index (χ2v) is 7.61. The fourth-order valence-electron chi connectivity index (χ4n) is 3.73. The van der Waals surface area contributed by atoms with Crippen molar-refractivity contribution in [3.8, 4) is 0 Å². The fourth-order valence-corrected chi connectivity index (χ4v) is 3.73. The van der Waals surface area contributed by atoms with Gasteiger partial charge < -0.3 is 20.3 Å². The standard InChI is InChI=1S/C20H33N3O/c1-15(2)23-10-6-17(7-11-23)21-19-5-4-16(3)20(14-19)22-18-8-12-24-13-9-18/h4-5,14-15,17-18,21-22H,6-13H2,1-3H3. The van der Waals surface area contributed by atoms with Gasteiger partial charge in [0.1, 0.15) is 0 Å². The molecule has 2 aliphatic rings. The van der Waals surface area contributed by atoms with E-state index >= 15 is 0 Å². The summed E-state index contributed by atoms with van der Waals surface area (Å²) >= 11 is 0. The maximum Gasteiger partial charge on any atom is 0.0485 e. The number of nitrogens with one attached hydrogen (secondary N) is 2. The molecule has 2 saturated heterocycles. The van der Waals surface area contributed by atoms with Crippen LogP contribution in [0.1, 0.15) is 45.1 Å². The van der Waals surface area contributed by atoms with Crippen LogP contribution in [-0.4, -0.2) is 49.3 Å². The largest absolute Gasteiger partial charge is 0.382 e. The van der Waals surface area contributed by atoms with E-state index in [1.54, 1.807) is 0 Å². The van der Waals surface area contributed by atoms with Gasteiger partial charge in [-0.05, 0) is 64.2 Å². The maximum atomic E-state index is 5.46. The molecule has 2 N–H and O–H groups in total. The first kappa shape index (κ1) is 17.6. The number of ether oxygens (including phenoxy) is 1. The van der Waals surface area contributed by atoms with Gasteiger partial charge in [-0.25, -0.2) is 0 Å². The van der Waals surface area contributed by atoms with Gasteiger partial charge >= 0.3 is 0 Å². The number of piperidine rings is 1. The number of anilines is 2. The van der Waals surface area contributed by atoms with Crippen molar-refractivity contribution in [1.82, 2.24) is 4.90 Å². The number of hydrogen-bond donors (Lipinski definition) is 2. The molecule has 1 aromatic carbocycles. The summed E-state index contributed by atoms with van der Waals surface area (Å²) in [6.07, 6.45) is 4.67. The highest BCUT2D eigenvalue weighted by molar-refractivity contribution is 5.61. The first-order valence-corrected chi connectivity index (χ1v) is 9.57. The van der Waals surface area contributed by atoms with E-state index in [0.717, 1.165) is 26.1 Å². The Morgan fingerprint density at radius 3 is 2.33 bits per heavy atom. The zero-order valence-corrected chi connectivity index (χ0v) is 15.5. The molecule has 24 heavy (non-hydrogen) atoms. The molecule has 4 nitrogen and oxygen atoms in total. The average molecular weight is 332 g/mol. The number of nitrogens with zero attached hydrogens (tertiary/aromatic N) is 1. The molecule has 4 heteroatoms. The minimum absolute atomic E-state index is 0.544. The van der Waals surface area contributed by atoms with Gasteiger partial charge in [0.25, 0.3) is 0 Å². The van der Waals surface area contributed by atoms with Crippen molar-refractivity contribution in [2.75, 3.05) is 36.9 Å². The van der Waals surface area contributed by atoms with E-state index in [1.165, 1.54) is 42.9 Å². The molecule has 134 valence electrons. The van der Waals surface area contributed by atoms with Gasteiger partial charge in [-0.3, -0.25) is 0 Å². The van der Waals surface area contributed by atoms with Crippen molar-refractivity contribution in [2.45, 2.75) is 64.6 Å². The Balaban J connectivity index is 1.57. The second kappa shape index (κ2) is 8.21. The summed E-state index contributed by atoms with van der Waals surface area (Å²) < 4.78 is 5.46. The third-order valence-corrected chi connectivity index (χ3v) is 5.45. The molecular weight excluding hydrogens is 298 g/mol. The van der Waals surface area contributed by atoms with E-state index in [0.29, 0.717) is 18.1 Å². The lowest BCUT2D eigenvalue weighted by molar-refractivity contribution is 0.0904. The SMILES string of the molecule is Cc1ccc(NC2CCN(C(C)C)CC2)cc1NC1CCOCC1. The molecular formula is C20H33N3O. The van der Waals surface area contributed by atoms with Gasteiger partial charge in [0.2, 0.25) is 0 Å². The first-order valence-electron chi connectivity index (χ1n) is 9.57. The highest BCUT2D eigenvalue weighted by Gasteiger charge is 2.21. The van der Waals surface area contributed by atoms with Crippen LogP contribution < -0.4 is 10.6 Å². The van der Waals surface area contributed by atoms with Crippen molar-refractivity contribution in [1.29, 1.82) is 0 Å². The Hall–Kier alpha value is -1.26. The van der Waals surface area contributed by atoms with Gasteiger partial charge in [-0.15, -0.1) is 0 Å². The predicted octanol–water partition coefficient (Wildman–Crippen LogP) is 3.87. The Morgan fingerprint density at radius 1 is 1.00 bits per heavy atom. The van der Waals surface area contributed by atoms with Crippen molar-refractivity contribution in [3.05, 3.63) is 23.8 Å². The van der Waals surface area contributed by atoms with Gasteiger partial charge in [0.05, 0.1) is 0 Å². The first-order chi connectivity index (χ1) is 11.6. The normalized spacial score (nSPS) is 21.2. The molecule has 0 spiro atoms. The number of benzene rings is 1. The molecule has 0 aromatic heterocycles. The topological polar surface area (TPSA) is 36.5 Å². The molecule has 2 fully saturated rings. The summed E-state index contributed by atoms with van der Waals surface area (Å²) in [7, 11) is 0. The van der Waals surface area contributed by atoms with Crippen molar-refractivity contribution >= 4 is 11.4 Å². The third-order valence-electron chi connectivity index (χ3n) is 5.45.